The molecule has 0 spiro atoms. The fourth-order valence-corrected chi connectivity index (χ4v) is 1.58. The maximum absolute atomic E-state index is 10.1. The van der Waals surface area contributed by atoms with Crippen LogP contribution in [0.5, 0.6) is 5.75 Å². The Morgan fingerprint density at radius 3 is 2.33 bits per heavy atom. The standard InChI is InChI=1S/C11H13NO2.C7H14N2O/c13-8-12-10-3-5-11(6-4-10)14-7-9-1-2-9;1-7(2,3)5(10)4-6(8)9/h3-6,8-9H,1-2,7H2,(H,12,13);4,10H,1-3H3,(H3,8,9)/b;5-4-. The molecule has 1 aliphatic carbocycles. The first kappa shape index (κ1) is 19.5. The molecular formula is C18H27N3O3. The number of amides is 1. The molecule has 6 nitrogen and oxygen atoms in total. The fourth-order valence-electron chi connectivity index (χ4n) is 1.58. The van der Waals surface area contributed by atoms with E-state index >= 15 is 0 Å². The van der Waals surface area contributed by atoms with Crippen LogP contribution in [-0.2, 0) is 4.79 Å². The number of allylic oxidation sites excluding steroid dienone is 1. The number of ether oxygens (including phenoxy) is 1. The fraction of sp³-hybridized carbons (Fsp3) is 0.444. The van der Waals surface area contributed by atoms with Gasteiger partial charge in [-0.15, -0.1) is 0 Å². The van der Waals surface area contributed by atoms with Crippen LogP contribution in [0.25, 0.3) is 0 Å². The molecule has 0 unspecified atom stereocenters. The van der Waals surface area contributed by atoms with Crippen LogP contribution < -0.4 is 15.8 Å². The van der Waals surface area contributed by atoms with Crippen molar-refractivity contribution < 1.29 is 14.6 Å². The number of hydrogen-bond acceptors (Lipinski definition) is 4. The molecule has 1 aliphatic rings. The number of aliphatic hydroxyl groups excluding tert-OH is 1. The summed E-state index contributed by atoms with van der Waals surface area (Å²) in [7, 11) is 0. The predicted octanol–water partition coefficient (Wildman–Crippen LogP) is 3.45. The third-order valence-corrected chi connectivity index (χ3v) is 3.32. The summed E-state index contributed by atoms with van der Waals surface area (Å²) in [6.07, 6.45) is 4.51. The molecule has 0 atom stereocenters. The van der Waals surface area contributed by atoms with Gasteiger partial charge < -0.3 is 20.9 Å². The van der Waals surface area contributed by atoms with Crippen molar-refractivity contribution in [1.29, 1.82) is 5.41 Å². The van der Waals surface area contributed by atoms with Gasteiger partial charge in [0.25, 0.3) is 0 Å². The highest BCUT2D eigenvalue weighted by molar-refractivity contribution is 5.88. The second-order valence-electron chi connectivity index (χ2n) is 6.78. The van der Waals surface area contributed by atoms with Crippen LogP contribution in [-0.4, -0.2) is 24.0 Å². The Labute approximate surface area is 143 Å². The Bertz CT molecular complexity index is 570. The van der Waals surface area contributed by atoms with Gasteiger partial charge in [-0.3, -0.25) is 10.2 Å². The summed E-state index contributed by atoms with van der Waals surface area (Å²) in [5, 5.41) is 18.6. The Hall–Kier alpha value is -2.50. The molecule has 24 heavy (non-hydrogen) atoms. The summed E-state index contributed by atoms with van der Waals surface area (Å²) in [5.41, 5.74) is 5.51. The van der Waals surface area contributed by atoms with E-state index in [0.717, 1.165) is 24.0 Å². The normalized spacial score (nSPS) is 14.2. The number of carbonyl (C=O) groups excluding carboxylic acids is 1. The number of nitrogens with two attached hydrogens (primary N) is 1. The molecule has 6 heteroatoms. The zero-order valence-electron chi connectivity index (χ0n) is 14.5. The number of hydrogen-bond donors (Lipinski definition) is 4. The van der Waals surface area contributed by atoms with Gasteiger partial charge in [0.2, 0.25) is 6.41 Å². The highest BCUT2D eigenvalue weighted by Crippen LogP contribution is 2.29. The van der Waals surface area contributed by atoms with Crippen LogP contribution in [0.4, 0.5) is 5.69 Å². The number of aliphatic hydroxyl groups is 1. The lowest BCUT2D eigenvalue weighted by Gasteiger charge is -2.16. The monoisotopic (exact) mass is 333 g/mol. The highest BCUT2D eigenvalue weighted by Gasteiger charge is 2.21. The average Bonchev–Trinajstić information content (AvgIpc) is 3.30. The Morgan fingerprint density at radius 1 is 1.38 bits per heavy atom. The lowest BCUT2D eigenvalue weighted by atomic mass is 9.93. The van der Waals surface area contributed by atoms with Crippen molar-refractivity contribution in [2.45, 2.75) is 33.6 Å². The van der Waals surface area contributed by atoms with Crippen LogP contribution in [0.1, 0.15) is 33.6 Å². The molecule has 132 valence electrons. The molecule has 0 heterocycles. The lowest BCUT2D eigenvalue weighted by Crippen LogP contribution is -2.14. The lowest BCUT2D eigenvalue weighted by molar-refractivity contribution is -0.105. The van der Waals surface area contributed by atoms with E-state index in [2.05, 4.69) is 5.32 Å². The maximum atomic E-state index is 10.1. The van der Waals surface area contributed by atoms with Gasteiger partial charge >= 0.3 is 0 Å². The van der Waals surface area contributed by atoms with Gasteiger partial charge in [0.1, 0.15) is 17.3 Å². The average molecular weight is 333 g/mol. The predicted molar refractivity (Wildman–Crippen MR) is 96.4 cm³/mol. The molecule has 1 amide bonds. The van der Waals surface area contributed by atoms with Crippen LogP contribution >= 0.6 is 0 Å². The number of nitrogens with one attached hydrogen (secondary N) is 2. The molecule has 2 rings (SSSR count). The Balaban J connectivity index is 0.000000257. The summed E-state index contributed by atoms with van der Waals surface area (Å²) in [4.78, 5) is 10.1. The van der Waals surface area contributed by atoms with E-state index in [1.165, 1.54) is 18.9 Å². The molecule has 1 saturated carbocycles. The minimum atomic E-state index is -0.314. The second kappa shape index (κ2) is 8.96. The minimum absolute atomic E-state index is 0.118. The summed E-state index contributed by atoms with van der Waals surface area (Å²) < 4.78 is 5.55. The van der Waals surface area contributed by atoms with Crippen molar-refractivity contribution in [2.24, 2.45) is 17.1 Å². The van der Waals surface area contributed by atoms with Crippen molar-refractivity contribution in [3.63, 3.8) is 0 Å². The Morgan fingerprint density at radius 2 is 1.96 bits per heavy atom. The molecule has 0 radical (unpaired) electrons. The van der Waals surface area contributed by atoms with Gasteiger partial charge in [0.15, 0.2) is 0 Å². The SMILES string of the molecule is CC(C)(C)/C(O)=C/C(=N)N.O=CNc1ccc(OCC2CC2)cc1. The zero-order valence-corrected chi connectivity index (χ0v) is 14.5. The van der Waals surface area contributed by atoms with Crippen LogP contribution in [0.3, 0.4) is 0 Å². The van der Waals surface area contributed by atoms with E-state index in [9.17, 15) is 9.90 Å². The van der Waals surface area contributed by atoms with E-state index in [4.69, 9.17) is 15.9 Å². The number of carbonyl (C=O) groups is 1. The Kier molecular flexibility index (Phi) is 7.30. The summed E-state index contributed by atoms with van der Waals surface area (Å²) in [6, 6.07) is 7.40. The molecule has 0 aromatic heterocycles. The molecule has 0 bridgehead atoms. The van der Waals surface area contributed by atoms with Gasteiger partial charge in [-0.2, -0.15) is 0 Å². The number of amidine groups is 1. The van der Waals surface area contributed by atoms with E-state index in [1.807, 2.05) is 45.0 Å². The number of anilines is 1. The van der Waals surface area contributed by atoms with Crippen molar-refractivity contribution in [3.8, 4) is 5.75 Å². The van der Waals surface area contributed by atoms with Crippen molar-refractivity contribution in [3.05, 3.63) is 36.1 Å². The highest BCUT2D eigenvalue weighted by atomic mass is 16.5. The maximum Gasteiger partial charge on any atom is 0.211 e. The van der Waals surface area contributed by atoms with Gasteiger partial charge in [-0.25, -0.2) is 0 Å². The van der Waals surface area contributed by atoms with E-state index in [-0.39, 0.29) is 17.0 Å². The van der Waals surface area contributed by atoms with Crippen LogP contribution in [0, 0.1) is 16.7 Å². The van der Waals surface area contributed by atoms with Crippen LogP contribution in [0.2, 0.25) is 0 Å². The molecule has 1 fully saturated rings. The van der Waals surface area contributed by atoms with Gasteiger partial charge in [-0.05, 0) is 43.0 Å². The van der Waals surface area contributed by atoms with Crippen LogP contribution in [0.15, 0.2) is 36.1 Å². The summed E-state index contributed by atoms with van der Waals surface area (Å²) >= 11 is 0. The van der Waals surface area contributed by atoms with Gasteiger partial charge in [-0.1, -0.05) is 20.8 Å². The molecule has 1 aromatic carbocycles. The zero-order chi connectivity index (χ0) is 18.2. The minimum Gasteiger partial charge on any atom is -0.512 e. The number of rotatable bonds is 6. The molecule has 0 aliphatic heterocycles. The topological polar surface area (TPSA) is 108 Å². The summed E-state index contributed by atoms with van der Waals surface area (Å²) in [5.74, 6) is 1.66. The van der Waals surface area contributed by atoms with E-state index in [0.29, 0.717) is 6.41 Å². The largest absolute Gasteiger partial charge is 0.512 e. The van der Waals surface area contributed by atoms with Crippen molar-refractivity contribution in [2.75, 3.05) is 11.9 Å². The first-order valence-corrected chi connectivity index (χ1v) is 7.90. The van der Waals surface area contributed by atoms with Gasteiger partial charge in [0.05, 0.1) is 6.61 Å². The smallest absolute Gasteiger partial charge is 0.211 e. The second-order valence-corrected chi connectivity index (χ2v) is 6.78. The molecule has 0 saturated heterocycles. The van der Waals surface area contributed by atoms with Crippen molar-refractivity contribution in [1.82, 2.24) is 0 Å². The summed E-state index contributed by atoms with van der Waals surface area (Å²) in [6.45, 7) is 6.37. The molecular weight excluding hydrogens is 306 g/mol. The van der Waals surface area contributed by atoms with E-state index in [1.54, 1.807) is 0 Å². The van der Waals surface area contributed by atoms with E-state index < -0.39 is 0 Å². The van der Waals surface area contributed by atoms with Gasteiger partial charge in [0, 0.05) is 17.2 Å². The van der Waals surface area contributed by atoms with Crippen molar-refractivity contribution >= 4 is 17.9 Å². The third-order valence-electron chi connectivity index (χ3n) is 3.32. The number of benzene rings is 1. The molecule has 5 N–H and O–H groups in total. The first-order valence-electron chi connectivity index (χ1n) is 7.90. The third kappa shape index (κ3) is 8.22. The molecule has 1 aromatic rings. The first-order chi connectivity index (χ1) is 11.2. The quantitative estimate of drug-likeness (QED) is 0.277.